The number of halogens is 1. The molecule has 1 atom stereocenters. The van der Waals surface area contributed by atoms with E-state index >= 15 is 0 Å². The lowest BCUT2D eigenvalue weighted by Gasteiger charge is -2.18. The lowest BCUT2D eigenvalue weighted by molar-refractivity contribution is 0.610. The highest BCUT2D eigenvalue weighted by Gasteiger charge is 2.14. The first-order valence-electron chi connectivity index (χ1n) is 6.16. The standard InChI is InChI=1S/C14H17ClN4S/c1-9-5-12(14(16)18-7-9)13(19-17)8-20-11-4-2-3-10(15)6-11/h2-7,13,19H,8,17H2,1H3,(H2,16,18). The van der Waals surface area contributed by atoms with Crippen molar-refractivity contribution in [1.29, 1.82) is 0 Å². The monoisotopic (exact) mass is 308 g/mol. The maximum absolute atomic E-state index is 5.97. The molecule has 6 heteroatoms. The van der Waals surface area contributed by atoms with Gasteiger partial charge in [-0.05, 0) is 36.8 Å². The Morgan fingerprint density at radius 2 is 2.20 bits per heavy atom. The number of aromatic nitrogens is 1. The Bertz CT molecular complexity index is 591. The Morgan fingerprint density at radius 1 is 1.40 bits per heavy atom. The van der Waals surface area contributed by atoms with Gasteiger partial charge in [-0.15, -0.1) is 11.8 Å². The van der Waals surface area contributed by atoms with Gasteiger partial charge in [-0.3, -0.25) is 11.3 Å². The van der Waals surface area contributed by atoms with Crippen molar-refractivity contribution in [3.05, 3.63) is 52.7 Å². The number of nitrogens with two attached hydrogens (primary N) is 2. The van der Waals surface area contributed by atoms with Gasteiger partial charge in [-0.2, -0.15) is 0 Å². The van der Waals surface area contributed by atoms with E-state index in [0.717, 1.165) is 26.8 Å². The first-order valence-corrected chi connectivity index (χ1v) is 7.53. The molecule has 0 aliphatic heterocycles. The quantitative estimate of drug-likeness (QED) is 0.450. The molecule has 1 aromatic heterocycles. The zero-order valence-electron chi connectivity index (χ0n) is 11.1. The average molecular weight is 309 g/mol. The number of benzene rings is 1. The number of nitrogen functional groups attached to an aromatic ring is 1. The summed E-state index contributed by atoms with van der Waals surface area (Å²) in [5, 5.41) is 0.726. The lowest BCUT2D eigenvalue weighted by atomic mass is 10.1. The van der Waals surface area contributed by atoms with E-state index in [4.69, 9.17) is 23.2 Å². The summed E-state index contributed by atoms with van der Waals surface area (Å²) in [6.45, 7) is 1.98. The van der Waals surface area contributed by atoms with Gasteiger partial charge in [0.25, 0.3) is 0 Å². The third-order valence-corrected chi connectivity index (χ3v) is 4.20. The van der Waals surface area contributed by atoms with Gasteiger partial charge in [0.05, 0.1) is 6.04 Å². The molecule has 0 amide bonds. The van der Waals surface area contributed by atoms with Crippen molar-refractivity contribution in [2.45, 2.75) is 17.9 Å². The number of hydrogen-bond donors (Lipinski definition) is 3. The normalized spacial score (nSPS) is 12.3. The van der Waals surface area contributed by atoms with Crippen LogP contribution in [0.1, 0.15) is 17.2 Å². The third-order valence-electron chi connectivity index (χ3n) is 2.88. The van der Waals surface area contributed by atoms with Gasteiger partial charge in [0.15, 0.2) is 0 Å². The Balaban J connectivity index is 2.11. The topological polar surface area (TPSA) is 77.0 Å². The predicted molar refractivity (Wildman–Crippen MR) is 85.6 cm³/mol. The molecule has 0 saturated heterocycles. The van der Waals surface area contributed by atoms with E-state index in [0.29, 0.717) is 5.82 Å². The van der Waals surface area contributed by atoms with Gasteiger partial charge in [-0.1, -0.05) is 17.7 Å². The van der Waals surface area contributed by atoms with Crippen molar-refractivity contribution in [3.8, 4) is 0 Å². The Labute approximate surface area is 127 Å². The van der Waals surface area contributed by atoms with Gasteiger partial charge in [-0.25, -0.2) is 4.98 Å². The molecule has 0 aliphatic carbocycles. The molecule has 0 bridgehead atoms. The van der Waals surface area contributed by atoms with E-state index in [-0.39, 0.29) is 6.04 Å². The Morgan fingerprint density at radius 3 is 2.90 bits per heavy atom. The maximum atomic E-state index is 5.97. The lowest BCUT2D eigenvalue weighted by Crippen LogP contribution is -2.30. The van der Waals surface area contributed by atoms with E-state index < -0.39 is 0 Å². The number of hydrogen-bond acceptors (Lipinski definition) is 5. The fraction of sp³-hybridized carbons (Fsp3) is 0.214. The van der Waals surface area contributed by atoms with Crippen molar-refractivity contribution in [2.75, 3.05) is 11.5 Å². The SMILES string of the molecule is Cc1cnc(N)c(C(CSc2cccc(Cl)c2)NN)c1. The summed E-state index contributed by atoms with van der Waals surface area (Å²) in [4.78, 5) is 5.26. The average Bonchev–Trinajstić information content (AvgIpc) is 2.43. The van der Waals surface area contributed by atoms with Gasteiger partial charge in [0.2, 0.25) is 0 Å². The van der Waals surface area contributed by atoms with Gasteiger partial charge < -0.3 is 5.73 Å². The number of aryl methyl sites for hydroxylation is 1. The molecule has 0 spiro atoms. The molecule has 1 heterocycles. The van der Waals surface area contributed by atoms with Gasteiger partial charge in [0.1, 0.15) is 5.82 Å². The number of nitrogens with one attached hydrogen (secondary N) is 1. The van der Waals surface area contributed by atoms with Crippen molar-refractivity contribution in [1.82, 2.24) is 10.4 Å². The molecule has 5 N–H and O–H groups in total. The minimum Gasteiger partial charge on any atom is -0.383 e. The van der Waals surface area contributed by atoms with Crippen molar-refractivity contribution >= 4 is 29.2 Å². The number of nitrogens with zero attached hydrogens (tertiary/aromatic N) is 1. The number of pyridine rings is 1. The third kappa shape index (κ3) is 3.86. The highest BCUT2D eigenvalue weighted by Crippen LogP contribution is 2.28. The molecule has 0 saturated carbocycles. The van der Waals surface area contributed by atoms with E-state index in [9.17, 15) is 0 Å². The summed E-state index contributed by atoms with van der Waals surface area (Å²) in [5.41, 5.74) is 10.7. The Hall–Kier alpha value is -1.27. The molecular weight excluding hydrogens is 292 g/mol. The van der Waals surface area contributed by atoms with E-state index in [1.165, 1.54) is 0 Å². The Kier molecular flexibility index (Phi) is 5.25. The zero-order valence-corrected chi connectivity index (χ0v) is 12.7. The zero-order chi connectivity index (χ0) is 14.5. The first kappa shape index (κ1) is 15.1. The van der Waals surface area contributed by atoms with Crippen molar-refractivity contribution < 1.29 is 0 Å². The van der Waals surface area contributed by atoms with Crippen molar-refractivity contribution in [3.63, 3.8) is 0 Å². The van der Waals surface area contributed by atoms with Gasteiger partial charge >= 0.3 is 0 Å². The van der Waals surface area contributed by atoms with Crippen LogP contribution >= 0.6 is 23.4 Å². The molecule has 1 unspecified atom stereocenters. The summed E-state index contributed by atoms with van der Waals surface area (Å²) in [6.07, 6.45) is 1.75. The predicted octanol–water partition coefficient (Wildman–Crippen LogP) is 2.92. The van der Waals surface area contributed by atoms with Crippen LogP contribution in [0.25, 0.3) is 0 Å². The molecule has 1 aromatic carbocycles. The van der Waals surface area contributed by atoms with E-state index in [1.807, 2.05) is 37.3 Å². The van der Waals surface area contributed by atoms with Crippen LogP contribution in [0.15, 0.2) is 41.4 Å². The summed E-state index contributed by atoms with van der Waals surface area (Å²) < 4.78 is 0. The molecule has 4 nitrogen and oxygen atoms in total. The van der Waals surface area contributed by atoms with Crippen LogP contribution in [-0.4, -0.2) is 10.7 Å². The number of anilines is 1. The molecule has 106 valence electrons. The number of hydrazine groups is 1. The second-order valence-electron chi connectivity index (χ2n) is 4.47. The molecule has 20 heavy (non-hydrogen) atoms. The van der Waals surface area contributed by atoms with Crippen LogP contribution in [0.4, 0.5) is 5.82 Å². The molecule has 2 aromatic rings. The molecule has 2 rings (SSSR count). The van der Waals surface area contributed by atoms with Crippen molar-refractivity contribution in [2.24, 2.45) is 5.84 Å². The highest BCUT2D eigenvalue weighted by molar-refractivity contribution is 7.99. The number of thioether (sulfide) groups is 1. The van der Waals surface area contributed by atoms with E-state index in [1.54, 1.807) is 18.0 Å². The second kappa shape index (κ2) is 6.95. The van der Waals surface area contributed by atoms with Crippen LogP contribution in [-0.2, 0) is 0 Å². The first-order chi connectivity index (χ1) is 9.60. The molecule has 0 radical (unpaired) electrons. The van der Waals surface area contributed by atoms with Gasteiger partial charge in [0, 0.05) is 27.4 Å². The summed E-state index contributed by atoms with van der Waals surface area (Å²) in [6, 6.07) is 9.67. The molecule has 0 aliphatic rings. The second-order valence-corrected chi connectivity index (χ2v) is 6.00. The maximum Gasteiger partial charge on any atom is 0.128 e. The number of rotatable bonds is 5. The smallest absolute Gasteiger partial charge is 0.128 e. The van der Waals surface area contributed by atoms with Crippen LogP contribution < -0.4 is 17.0 Å². The summed E-state index contributed by atoms with van der Waals surface area (Å²) >= 11 is 7.64. The minimum atomic E-state index is -0.0635. The van der Waals surface area contributed by atoms with Crippen LogP contribution in [0.5, 0.6) is 0 Å². The minimum absolute atomic E-state index is 0.0635. The summed E-state index contributed by atoms with van der Waals surface area (Å²) in [7, 11) is 0. The van der Waals surface area contributed by atoms with Crippen LogP contribution in [0.2, 0.25) is 5.02 Å². The largest absolute Gasteiger partial charge is 0.383 e. The fourth-order valence-corrected chi connectivity index (χ4v) is 3.12. The molecular formula is C14H17ClN4S. The van der Waals surface area contributed by atoms with Crippen LogP contribution in [0, 0.1) is 6.92 Å². The summed E-state index contributed by atoms with van der Waals surface area (Å²) in [5.74, 6) is 6.89. The van der Waals surface area contributed by atoms with Crippen LogP contribution in [0.3, 0.4) is 0 Å². The highest BCUT2D eigenvalue weighted by atomic mass is 35.5. The fourth-order valence-electron chi connectivity index (χ4n) is 1.85. The molecule has 0 fully saturated rings. The van der Waals surface area contributed by atoms with E-state index in [2.05, 4.69) is 10.4 Å².